The first kappa shape index (κ1) is 8.48. The summed E-state index contributed by atoms with van der Waals surface area (Å²) in [6, 6.07) is -1.04. The first-order valence-electron chi connectivity index (χ1n) is 3.14. The Labute approximate surface area is 65.2 Å². The molecule has 5 nitrogen and oxygen atoms in total. The molecule has 0 aliphatic carbocycles. The molecular weight excluding hydrogens is 168 g/mol. The summed E-state index contributed by atoms with van der Waals surface area (Å²) >= 11 is 0. The maximum atomic E-state index is 10.8. The Morgan fingerprint density at radius 1 is 1.55 bits per heavy atom. The van der Waals surface area contributed by atoms with Gasteiger partial charge in [-0.3, -0.25) is 4.79 Å². The van der Waals surface area contributed by atoms with Gasteiger partial charge in [0.1, 0.15) is 6.04 Å². The van der Waals surface area contributed by atoms with E-state index in [-0.39, 0.29) is 0 Å². The van der Waals surface area contributed by atoms with E-state index < -0.39 is 28.0 Å². The molecule has 1 rings (SSSR count). The van der Waals surface area contributed by atoms with E-state index in [0.29, 0.717) is 0 Å². The number of carbonyl (C=O) groups is 1. The molecule has 1 aliphatic rings. The molecule has 1 heterocycles. The molecule has 0 aromatic heterocycles. The molecule has 0 aromatic rings. The zero-order valence-electron chi connectivity index (χ0n) is 6.31. The van der Waals surface area contributed by atoms with Gasteiger partial charge < -0.3 is 5.73 Å². The predicted octanol–water partition coefficient (Wildman–Crippen LogP) is -1.50. The van der Waals surface area contributed by atoms with Crippen molar-refractivity contribution in [3.8, 4) is 0 Å². The van der Waals surface area contributed by atoms with Crippen molar-refractivity contribution in [2.24, 2.45) is 5.73 Å². The highest BCUT2D eigenvalue weighted by Gasteiger charge is 2.46. The molecule has 1 amide bonds. The minimum absolute atomic E-state index is 0.391. The van der Waals surface area contributed by atoms with Crippen LogP contribution < -0.4 is 5.73 Å². The Kier molecular flexibility index (Phi) is 1.68. The smallest absolute Gasteiger partial charge is 0.255 e. The summed E-state index contributed by atoms with van der Waals surface area (Å²) in [7, 11) is -3.39. The first-order valence-corrected chi connectivity index (χ1v) is 4.99. The van der Waals surface area contributed by atoms with Crippen molar-refractivity contribution in [1.29, 1.82) is 0 Å². The van der Waals surface area contributed by atoms with Gasteiger partial charge in [-0.05, 0) is 6.92 Å². The van der Waals surface area contributed by atoms with Gasteiger partial charge in [-0.15, -0.1) is 0 Å². The Morgan fingerprint density at radius 2 is 2.00 bits per heavy atom. The van der Waals surface area contributed by atoms with Gasteiger partial charge in [-0.25, -0.2) is 12.7 Å². The summed E-state index contributed by atoms with van der Waals surface area (Å²) < 4.78 is 22.5. The summed E-state index contributed by atoms with van der Waals surface area (Å²) in [5, 5.41) is 0. The normalized spacial score (nSPS) is 31.9. The van der Waals surface area contributed by atoms with Gasteiger partial charge >= 0.3 is 0 Å². The minimum atomic E-state index is -3.39. The van der Waals surface area contributed by atoms with E-state index in [1.165, 1.54) is 0 Å². The van der Waals surface area contributed by atoms with Crippen LogP contribution >= 0.6 is 0 Å². The Morgan fingerprint density at radius 3 is 2.18 bits per heavy atom. The van der Waals surface area contributed by atoms with E-state index in [2.05, 4.69) is 0 Å². The number of hydrogen-bond donors (Lipinski definition) is 1. The average molecular weight is 178 g/mol. The van der Waals surface area contributed by atoms with Crippen molar-refractivity contribution >= 4 is 15.9 Å². The van der Waals surface area contributed by atoms with Crippen LogP contribution in [0.5, 0.6) is 0 Å². The number of carbonyl (C=O) groups excluding carboxylic acids is 1. The van der Waals surface area contributed by atoms with E-state index in [9.17, 15) is 13.2 Å². The minimum Gasteiger partial charge on any atom is -0.318 e. The Balaban J connectivity index is 2.88. The van der Waals surface area contributed by atoms with Crippen molar-refractivity contribution in [2.45, 2.75) is 19.0 Å². The van der Waals surface area contributed by atoms with Crippen LogP contribution in [-0.4, -0.2) is 37.0 Å². The second kappa shape index (κ2) is 2.18. The standard InChI is InChI=1S/C5H10N2O3S/c1-3-4(6)5(8)7(3)11(2,9)10/h3-4H,6H2,1-2H3/t3-,4-/m1/s1. The summed E-state index contributed by atoms with van der Waals surface area (Å²) in [6.07, 6.45) is 0.993. The number of hydrogen-bond acceptors (Lipinski definition) is 4. The summed E-state index contributed by atoms with van der Waals surface area (Å²) in [5.74, 6) is -0.514. The van der Waals surface area contributed by atoms with E-state index in [1.54, 1.807) is 6.92 Å². The van der Waals surface area contributed by atoms with Crippen LogP contribution in [0.1, 0.15) is 6.92 Å². The molecule has 0 unspecified atom stereocenters. The molecule has 0 spiro atoms. The van der Waals surface area contributed by atoms with E-state index in [0.717, 1.165) is 10.6 Å². The quantitative estimate of drug-likeness (QED) is 0.496. The third-order valence-electron chi connectivity index (χ3n) is 1.75. The number of nitrogens with zero attached hydrogens (tertiary/aromatic N) is 1. The largest absolute Gasteiger partial charge is 0.318 e. The zero-order chi connectivity index (χ0) is 8.81. The first-order chi connectivity index (χ1) is 4.85. The van der Waals surface area contributed by atoms with Gasteiger partial charge in [-0.2, -0.15) is 0 Å². The average Bonchev–Trinajstić information content (AvgIpc) is 1.85. The van der Waals surface area contributed by atoms with Crippen molar-refractivity contribution in [2.75, 3.05) is 6.26 Å². The Bertz CT molecular complexity index is 284. The highest BCUT2D eigenvalue weighted by molar-refractivity contribution is 7.89. The lowest BCUT2D eigenvalue weighted by Crippen LogP contribution is -2.68. The lowest BCUT2D eigenvalue weighted by Gasteiger charge is -2.40. The number of amides is 1. The van der Waals surface area contributed by atoms with Crippen LogP contribution in [0.25, 0.3) is 0 Å². The van der Waals surface area contributed by atoms with Gasteiger partial charge in [0.05, 0.1) is 12.3 Å². The van der Waals surface area contributed by atoms with Crippen LogP contribution in [0.15, 0.2) is 0 Å². The fraction of sp³-hybridized carbons (Fsp3) is 0.800. The molecular formula is C5H10N2O3S. The maximum absolute atomic E-state index is 10.8. The topological polar surface area (TPSA) is 80.5 Å². The van der Waals surface area contributed by atoms with Crippen LogP contribution in [0.2, 0.25) is 0 Å². The van der Waals surface area contributed by atoms with Gasteiger partial charge in [0, 0.05) is 0 Å². The molecule has 1 saturated heterocycles. The SMILES string of the molecule is C[C@@H]1[C@@H](N)C(=O)N1S(C)(=O)=O. The van der Waals surface area contributed by atoms with Crippen LogP contribution in [0, 0.1) is 0 Å². The van der Waals surface area contributed by atoms with E-state index in [4.69, 9.17) is 5.73 Å². The summed E-state index contributed by atoms with van der Waals surface area (Å²) in [5.41, 5.74) is 5.30. The molecule has 1 fully saturated rings. The predicted molar refractivity (Wildman–Crippen MR) is 39.1 cm³/mol. The molecule has 2 N–H and O–H groups in total. The zero-order valence-corrected chi connectivity index (χ0v) is 7.13. The fourth-order valence-corrected chi connectivity index (χ4v) is 2.27. The summed E-state index contributed by atoms with van der Waals surface area (Å²) in [4.78, 5) is 10.8. The van der Waals surface area contributed by atoms with Crippen LogP contribution in [-0.2, 0) is 14.8 Å². The number of β-lactam (4-membered cyclic amide) rings is 1. The lowest BCUT2D eigenvalue weighted by molar-refractivity contribution is -0.139. The molecule has 0 radical (unpaired) electrons. The van der Waals surface area contributed by atoms with Crippen molar-refractivity contribution in [3.63, 3.8) is 0 Å². The fourth-order valence-electron chi connectivity index (χ4n) is 1.08. The van der Waals surface area contributed by atoms with Gasteiger partial charge in [0.25, 0.3) is 5.91 Å². The third kappa shape index (κ3) is 1.12. The molecule has 2 atom stereocenters. The maximum Gasteiger partial charge on any atom is 0.255 e. The monoisotopic (exact) mass is 178 g/mol. The van der Waals surface area contributed by atoms with Crippen molar-refractivity contribution in [3.05, 3.63) is 0 Å². The molecule has 6 heteroatoms. The molecule has 0 bridgehead atoms. The molecule has 64 valence electrons. The molecule has 0 saturated carbocycles. The van der Waals surface area contributed by atoms with Crippen molar-refractivity contribution in [1.82, 2.24) is 4.31 Å². The second-order valence-electron chi connectivity index (χ2n) is 2.66. The summed E-state index contributed by atoms with van der Waals surface area (Å²) in [6.45, 7) is 1.60. The molecule has 0 aromatic carbocycles. The van der Waals surface area contributed by atoms with Gasteiger partial charge in [0.15, 0.2) is 0 Å². The van der Waals surface area contributed by atoms with E-state index >= 15 is 0 Å². The molecule has 11 heavy (non-hydrogen) atoms. The van der Waals surface area contributed by atoms with Crippen LogP contribution in [0.4, 0.5) is 0 Å². The highest BCUT2D eigenvalue weighted by Crippen LogP contribution is 2.20. The number of sulfonamides is 1. The van der Waals surface area contributed by atoms with Gasteiger partial charge in [-0.1, -0.05) is 0 Å². The van der Waals surface area contributed by atoms with Crippen LogP contribution in [0.3, 0.4) is 0 Å². The number of rotatable bonds is 1. The van der Waals surface area contributed by atoms with E-state index in [1.807, 2.05) is 0 Å². The van der Waals surface area contributed by atoms with Gasteiger partial charge in [0.2, 0.25) is 10.0 Å². The molecule has 1 aliphatic heterocycles. The number of nitrogens with two attached hydrogens (primary N) is 1. The third-order valence-corrected chi connectivity index (χ3v) is 2.98. The van der Waals surface area contributed by atoms with Crippen molar-refractivity contribution < 1.29 is 13.2 Å². The Hall–Kier alpha value is -0.620. The highest BCUT2D eigenvalue weighted by atomic mass is 32.2. The second-order valence-corrected chi connectivity index (χ2v) is 4.52. The lowest BCUT2D eigenvalue weighted by atomic mass is 10.0.